The molecule has 8 heavy (non-hydrogen) atoms. The van der Waals surface area contributed by atoms with Gasteiger partial charge in [0.2, 0.25) is 0 Å². The number of hydrogen-bond acceptors (Lipinski definition) is 1. The lowest BCUT2D eigenvalue weighted by atomic mass is 10.7. The van der Waals surface area contributed by atoms with E-state index in [1.165, 1.54) is 0 Å². The Kier molecular flexibility index (Phi) is 11.4. The second-order valence-electron chi connectivity index (χ2n) is 1.19. The lowest BCUT2D eigenvalue weighted by molar-refractivity contribution is 0.510. The van der Waals surface area contributed by atoms with Gasteiger partial charge in [0.15, 0.2) is 0 Å². The van der Waals surface area contributed by atoms with Crippen LogP contribution in [0.15, 0.2) is 0 Å². The van der Waals surface area contributed by atoms with Gasteiger partial charge in [-0.15, -0.1) is 24.0 Å². The van der Waals surface area contributed by atoms with E-state index < -0.39 is 0 Å². The number of hydrogen-bond donors (Lipinski definition) is 0. The number of rotatable bonds is 3. The Morgan fingerprint density at radius 3 is 2.12 bits per heavy atom. The first-order valence-corrected chi connectivity index (χ1v) is 3.15. The first-order chi connectivity index (χ1) is 3.31. The largest absolute Gasteiger partial charge is 0.219 e. The third-order valence-electron chi connectivity index (χ3n) is 0.670. The zero-order valence-electron chi connectivity index (χ0n) is 4.73. The topological polar surface area (TPSA) is 3.24 Å². The maximum absolute atomic E-state index is 5.51. The predicted octanol–water partition coefficient (Wildman–Crippen LogP) is 2.12. The molecule has 0 aliphatic rings. The van der Waals surface area contributed by atoms with E-state index in [4.69, 9.17) is 23.4 Å². The molecule has 0 fully saturated rings. The van der Waals surface area contributed by atoms with E-state index in [0.717, 1.165) is 13.1 Å². The summed E-state index contributed by atoms with van der Waals surface area (Å²) in [7, 11) is 0. The maximum atomic E-state index is 5.51. The molecule has 1 nitrogen and oxygen atoms in total. The van der Waals surface area contributed by atoms with Gasteiger partial charge in [-0.25, -0.2) is 4.42 Å². The van der Waals surface area contributed by atoms with Crippen LogP contribution >= 0.6 is 35.8 Å². The van der Waals surface area contributed by atoms with Gasteiger partial charge in [-0.3, -0.25) is 0 Å². The molecule has 0 bridgehead atoms. The SMILES string of the molecule is CCN(Cl)CCCl.Cl. The van der Waals surface area contributed by atoms with E-state index >= 15 is 0 Å². The van der Waals surface area contributed by atoms with Crippen LogP contribution in [0.4, 0.5) is 0 Å². The smallest absolute Gasteiger partial charge is 0.0364 e. The van der Waals surface area contributed by atoms with Crippen molar-refractivity contribution in [3.05, 3.63) is 0 Å². The molecule has 0 rings (SSSR count). The molecule has 0 aliphatic carbocycles. The summed E-state index contributed by atoms with van der Waals surface area (Å²) in [5.41, 5.74) is 0. The van der Waals surface area contributed by atoms with Crippen molar-refractivity contribution in [3.63, 3.8) is 0 Å². The standard InChI is InChI=1S/C4H9Cl2N.ClH/c1-2-7(6)4-3-5;/h2-4H2,1H3;1H. The normalized spacial score (nSPS) is 9.00. The summed E-state index contributed by atoms with van der Waals surface area (Å²) in [5, 5.41) is 0. The van der Waals surface area contributed by atoms with Crippen molar-refractivity contribution in [1.29, 1.82) is 0 Å². The van der Waals surface area contributed by atoms with Crippen LogP contribution in [0.25, 0.3) is 0 Å². The van der Waals surface area contributed by atoms with Crippen LogP contribution < -0.4 is 0 Å². The van der Waals surface area contributed by atoms with E-state index in [-0.39, 0.29) is 12.4 Å². The van der Waals surface area contributed by atoms with E-state index in [2.05, 4.69) is 0 Å². The summed E-state index contributed by atoms with van der Waals surface area (Å²) in [6.07, 6.45) is 0. The Hall–Kier alpha value is 0.830. The first kappa shape index (κ1) is 11.6. The van der Waals surface area contributed by atoms with Crippen molar-refractivity contribution < 1.29 is 0 Å². The van der Waals surface area contributed by atoms with E-state index in [1.54, 1.807) is 4.42 Å². The predicted molar refractivity (Wildman–Crippen MR) is 41.1 cm³/mol. The van der Waals surface area contributed by atoms with Crippen LogP contribution in [-0.2, 0) is 0 Å². The van der Waals surface area contributed by atoms with Crippen LogP contribution in [0.3, 0.4) is 0 Å². The van der Waals surface area contributed by atoms with Gasteiger partial charge in [0.25, 0.3) is 0 Å². The van der Waals surface area contributed by atoms with Gasteiger partial charge in [0.05, 0.1) is 0 Å². The van der Waals surface area contributed by atoms with Crippen molar-refractivity contribution in [1.82, 2.24) is 4.42 Å². The van der Waals surface area contributed by atoms with Crippen LogP contribution in [0.1, 0.15) is 6.92 Å². The Bertz CT molecular complexity index is 42.3. The number of halogens is 3. The summed E-state index contributed by atoms with van der Waals surface area (Å²) < 4.78 is 1.65. The van der Waals surface area contributed by atoms with E-state index in [0.29, 0.717) is 5.88 Å². The van der Waals surface area contributed by atoms with Crippen molar-refractivity contribution in [2.75, 3.05) is 19.0 Å². The van der Waals surface area contributed by atoms with Gasteiger partial charge in [0, 0.05) is 19.0 Å². The van der Waals surface area contributed by atoms with Crippen LogP contribution in [0, 0.1) is 0 Å². The van der Waals surface area contributed by atoms with Gasteiger partial charge in [-0.05, 0) is 11.8 Å². The molecule has 52 valence electrons. The molecule has 0 aliphatic heterocycles. The highest BCUT2D eigenvalue weighted by Gasteiger charge is 1.90. The summed E-state index contributed by atoms with van der Waals surface area (Å²) in [4.78, 5) is 0. The highest BCUT2D eigenvalue weighted by Crippen LogP contribution is 1.91. The fourth-order valence-electron chi connectivity index (χ4n) is 0.250. The molecule has 0 unspecified atom stereocenters. The van der Waals surface area contributed by atoms with Crippen molar-refractivity contribution in [2.24, 2.45) is 0 Å². The second kappa shape index (κ2) is 7.83. The molecule has 0 saturated carbocycles. The fourth-order valence-corrected chi connectivity index (χ4v) is 0.625. The van der Waals surface area contributed by atoms with Gasteiger partial charge < -0.3 is 0 Å². The van der Waals surface area contributed by atoms with E-state index in [9.17, 15) is 0 Å². The highest BCUT2D eigenvalue weighted by molar-refractivity contribution is 6.19. The first-order valence-electron chi connectivity index (χ1n) is 2.28. The Balaban J connectivity index is 0. The van der Waals surface area contributed by atoms with Crippen LogP contribution in [0.2, 0.25) is 0 Å². The summed E-state index contributed by atoms with van der Waals surface area (Å²) in [5.74, 6) is 0.608. The average Bonchev–Trinajstić information content (AvgIpc) is 1.68. The van der Waals surface area contributed by atoms with Gasteiger partial charge >= 0.3 is 0 Å². The van der Waals surface area contributed by atoms with Gasteiger partial charge in [-0.1, -0.05) is 6.92 Å². The Labute approximate surface area is 66.5 Å². The molecule has 0 aromatic rings. The minimum absolute atomic E-state index is 0. The number of nitrogens with zero attached hydrogens (tertiary/aromatic N) is 1. The molecule has 0 aromatic heterocycles. The molecule has 0 amide bonds. The zero-order chi connectivity index (χ0) is 5.70. The average molecular weight is 178 g/mol. The highest BCUT2D eigenvalue weighted by atomic mass is 35.5. The third-order valence-corrected chi connectivity index (χ3v) is 1.25. The van der Waals surface area contributed by atoms with Gasteiger partial charge in [0.1, 0.15) is 0 Å². The van der Waals surface area contributed by atoms with Crippen LogP contribution in [-0.4, -0.2) is 23.4 Å². The minimum Gasteiger partial charge on any atom is -0.219 e. The van der Waals surface area contributed by atoms with Gasteiger partial charge in [-0.2, -0.15) is 0 Å². The Morgan fingerprint density at radius 2 is 2.00 bits per heavy atom. The molecule has 0 radical (unpaired) electrons. The molecule has 0 spiro atoms. The molecule has 0 heterocycles. The molecule has 0 N–H and O–H groups in total. The lowest BCUT2D eigenvalue weighted by Gasteiger charge is -2.05. The molecule has 4 heteroatoms. The van der Waals surface area contributed by atoms with Crippen molar-refractivity contribution >= 4 is 35.8 Å². The summed E-state index contributed by atoms with van der Waals surface area (Å²) in [6.45, 7) is 3.60. The molecular weight excluding hydrogens is 168 g/mol. The molecule has 0 atom stereocenters. The Morgan fingerprint density at radius 1 is 1.50 bits per heavy atom. The quantitative estimate of drug-likeness (QED) is 0.473. The molecular formula is C4H10Cl3N. The molecule has 0 aromatic carbocycles. The molecule has 0 saturated heterocycles. The monoisotopic (exact) mass is 177 g/mol. The summed E-state index contributed by atoms with van der Waals surface area (Å²) >= 11 is 10.9. The number of alkyl halides is 1. The minimum atomic E-state index is 0. The second-order valence-corrected chi connectivity index (χ2v) is 2.05. The fraction of sp³-hybridized carbons (Fsp3) is 1.00. The van der Waals surface area contributed by atoms with Crippen molar-refractivity contribution in [3.8, 4) is 0 Å². The zero-order valence-corrected chi connectivity index (χ0v) is 7.06. The maximum Gasteiger partial charge on any atom is 0.0364 e. The van der Waals surface area contributed by atoms with E-state index in [1.807, 2.05) is 6.92 Å². The van der Waals surface area contributed by atoms with Crippen molar-refractivity contribution in [2.45, 2.75) is 6.92 Å². The summed E-state index contributed by atoms with van der Waals surface area (Å²) in [6, 6.07) is 0. The lowest BCUT2D eigenvalue weighted by Crippen LogP contribution is -2.13. The van der Waals surface area contributed by atoms with Crippen LogP contribution in [0.5, 0.6) is 0 Å². The third kappa shape index (κ3) is 6.83.